The fourth-order valence-corrected chi connectivity index (χ4v) is 3.61. The van der Waals surface area contributed by atoms with E-state index >= 15 is 0 Å². The van der Waals surface area contributed by atoms with Gasteiger partial charge in [0.05, 0.1) is 5.56 Å². The molecule has 2 aromatic carbocycles. The molecule has 0 spiro atoms. The van der Waals surface area contributed by atoms with E-state index in [0.717, 1.165) is 11.8 Å². The number of nitrogens with zero attached hydrogens (tertiary/aromatic N) is 2. The molecule has 2 N–H and O–H groups in total. The molecule has 1 amide bonds. The summed E-state index contributed by atoms with van der Waals surface area (Å²) in [5.41, 5.74) is 1.38. The molecule has 0 radical (unpaired) electrons. The molecule has 0 fully saturated rings. The molecule has 0 unspecified atom stereocenters. The zero-order chi connectivity index (χ0) is 25.0. The van der Waals surface area contributed by atoms with Crippen molar-refractivity contribution >= 4 is 33.6 Å². The average Bonchev–Trinajstić information content (AvgIpc) is 3.25. The quantitative estimate of drug-likeness (QED) is 0.257. The van der Waals surface area contributed by atoms with Crippen LogP contribution in [0.1, 0.15) is 16.8 Å². The maximum Gasteiger partial charge on any atom is 0.417 e. The van der Waals surface area contributed by atoms with Crippen LogP contribution in [-0.2, 0) is 11.0 Å². The molecule has 0 saturated carbocycles. The zero-order valence-corrected chi connectivity index (χ0v) is 19.8. The number of anilines is 1. The van der Waals surface area contributed by atoms with Crippen LogP contribution in [0, 0.1) is 6.92 Å². The predicted octanol–water partition coefficient (Wildman–Crippen LogP) is 7.01. The van der Waals surface area contributed by atoms with Crippen molar-refractivity contribution in [2.45, 2.75) is 13.1 Å². The van der Waals surface area contributed by atoms with Gasteiger partial charge in [0, 0.05) is 40.4 Å². The number of ether oxygens (including phenoxy) is 1. The summed E-state index contributed by atoms with van der Waals surface area (Å²) >= 11 is 2.87. The van der Waals surface area contributed by atoms with Crippen LogP contribution in [0.3, 0.4) is 0 Å². The Bertz CT molecular complexity index is 1400. The number of aromatic nitrogens is 3. The third-order valence-electron chi connectivity index (χ3n) is 4.74. The fourth-order valence-electron chi connectivity index (χ4n) is 3.14. The standard InChI is InChI=1S/C25H18BrF3N4O2/c1-15-14-31-24(32-15)22-13-19(9-10-30-22)35-18-4-2-3-16(11-18)5-8-23(34)33-17-6-7-21(26)20(12-17)25(27,28)29/h2-14H,1H3,(H,31,32)(H,33,34)/b8-5+. The Labute approximate surface area is 207 Å². The van der Waals surface area contributed by atoms with Crippen molar-refractivity contribution in [2.75, 3.05) is 5.32 Å². The minimum atomic E-state index is -4.54. The van der Waals surface area contributed by atoms with Crippen LogP contribution in [0.4, 0.5) is 18.9 Å². The number of alkyl halides is 3. The molecule has 35 heavy (non-hydrogen) atoms. The maximum absolute atomic E-state index is 13.1. The van der Waals surface area contributed by atoms with Crippen molar-refractivity contribution < 1.29 is 22.7 Å². The first kappa shape index (κ1) is 24.2. The van der Waals surface area contributed by atoms with Gasteiger partial charge in [-0.25, -0.2) is 4.98 Å². The lowest BCUT2D eigenvalue weighted by Crippen LogP contribution is -2.11. The second kappa shape index (κ2) is 10.1. The van der Waals surface area contributed by atoms with E-state index in [4.69, 9.17) is 4.74 Å². The number of hydrogen-bond donors (Lipinski definition) is 2. The predicted molar refractivity (Wildman–Crippen MR) is 130 cm³/mol. The average molecular weight is 543 g/mol. The van der Waals surface area contributed by atoms with Crippen molar-refractivity contribution in [1.29, 1.82) is 0 Å². The normalized spacial score (nSPS) is 11.6. The molecule has 0 aliphatic heterocycles. The maximum atomic E-state index is 13.1. The molecule has 0 aliphatic rings. The number of carbonyl (C=O) groups is 1. The van der Waals surface area contributed by atoms with E-state index in [2.05, 4.69) is 36.2 Å². The Morgan fingerprint density at radius 3 is 2.63 bits per heavy atom. The van der Waals surface area contributed by atoms with Gasteiger partial charge in [-0.05, 0) is 55.0 Å². The smallest absolute Gasteiger partial charge is 0.417 e. The Morgan fingerprint density at radius 1 is 1.09 bits per heavy atom. The first-order valence-corrected chi connectivity index (χ1v) is 11.1. The van der Waals surface area contributed by atoms with Gasteiger partial charge < -0.3 is 15.0 Å². The van der Waals surface area contributed by atoms with Crippen LogP contribution in [0.2, 0.25) is 0 Å². The molecular formula is C25H18BrF3N4O2. The second-order valence-corrected chi connectivity index (χ2v) is 8.34. The molecule has 4 aromatic rings. The summed E-state index contributed by atoms with van der Waals surface area (Å²) in [7, 11) is 0. The summed E-state index contributed by atoms with van der Waals surface area (Å²) in [5.74, 6) is 1.14. The highest BCUT2D eigenvalue weighted by atomic mass is 79.9. The van der Waals surface area contributed by atoms with Gasteiger partial charge in [-0.2, -0.15) is 13.2 Å². The molecule has 0 aliphatic carbocycles. The van der Waals surface area contributed by atoms with Gasteiger partial charge in [0.15, 0.2) is 5.82 Å². The molecule has 6 nitrogen and oxygen atoms in total. The van der Waals surface area contributed by atoms with Gasteiger partial charge in [-0.1, -0.05) is 28.1 Å². The van der Waals surface area contributed by atoms with Gasteiger partial charge in [0.2, 0.25) is 5.91 Å². The highest BCUT2D eigenvalue weighted by molar-refractivity contribution is 9.10. The number of amides is 1. The minimum Gasteiger partial charge on any atom is -0.457 e. The van der Waals surface area contributed by atoms with Crippen LogP contribution < -0.4 is 10.1 Å². The Morgan fingerprint density at radius 2 is 1.89 bits per heavy atom. The number of hydrogen-bond acceptors (Lipinski definition) is 4. The summed E-state index contributed by atoms with van der Waals surface area (Å²) in [6.45, 7) is 1.90. The van der Waals surface area contributed by atoms with E-state index in [0.29, 0.717) is 28.6 Å². The Kier molecular flexibility index (Phi) is 7.02. The molecule has 10 heteroatoms. The fraction of sp³-hybridized carbons (Fsp3) is 0.0800. The summed E-state index contributed by atoms with van der Waals surface area (Å²) in [5, 5.41) is 2.44. The number of benzene rings is 2. The topological polar surface area (TPSA) is 79.9 Å². The number of H-pyrrole nitrogens is 1. The van der Waals surface area contributed by atoms with E-state index in [1.54, 1.807) is 48.8 Å². The van der Waals surface area contributed by atoms with Gasteiger partial charge in [-0.15, -0.1) is 0 Å². The second-order valence-electron chi connectivity index (χ2n) is 7.48. The summed E-state index contributed by atoms with van der Waals surface area (Å²) in [6, 6.07) is 14.0. The van der Waals surface area contributed by atoms with Crippen molar-refractivity contribution in [1.82, 2.24) is 15.0 Å². The number of pyridine rings is 1. The summed E-state index contributed by atoms with van der Waals surface area (Å²) in [6.07, 6.45) is 1.56. The lowest BCUT2D eigenvalue weighted by molar-refractivity contribution is -0.138. The monoisotopic (exact) mass is 542 g/mol. The number of aromatic amines is 1. The number of carbonyl (C=O) groups excluding carboxylic acids is 1. The lowest BCUT2D eigenvalue weighted by atomic mass is 10.2. The van der Waals surface area contributed by atoms with Crippen LogP contribution >= 0.6 is 15.9 Å². The van der Waals surface area contributed by atoms with Crippen molar-refractivity contribution in [3.8, 4) is 23.0 Å². The highest BCUT2D eigenvalue weighted by Gasteiger charge is 2.33. The van der Waals surface area contributed by atoms with Crippen LogP contribution in [-0.4, -0.2) is 20.9 Å². The summed E-state index contributed by atoms with van der Waals surface area (Å²) < 4.78 is 45.0. The number of rotatable bonds is 6. The molecule has 2 aromatic heterocycles. The SMILES string of the molecule is Cc1cnc(-c2cc(Oc3cccc(/C=C/C(=O)Nc4ccc(Br)c(C(F)(F)F)c4)c3)ccn2)[nH]1. The third-order valence-corrected chi connectivity index (χ3v) is 5.43. The van der Waals surface area contributed by atoms with Gasteiger partial charge >= 0.3 is 6.18 Å². The number of aryl methyl sites for hydroxylation is 1. The van der Waals surface area contributed by atoms with Gasteiger partial charge in [-0.3, -0.25) is 9.78 Å². The molecule has 0 saturated heterocycles. The van der Waals surface area contributed by atoms with Crippen LogP contribution in [0.25, 0.3) is 17.6 Å². The van der Waals surface area contributed by atoms with Gasteiger partial charge in [0.25, 0.3) is 0 Å². The first-order valence-electron chi connectivity index (χ1n) is 10.3. The summed E-state index contributed by atoms with van der Waals surface area (Å²) in [4.78, 5) is 23.9. The van der Waals surface area contributed by atoms with E-state index in [1.807, 2.05) is 6.92 Å². The van der Waals surface area contributed by atoms with E-state index in [9.17, 15) is 18.0 Å². The van der Waals surface area contributed by atoms with Crippen molar-refractivity contribution in [3.63, 3.8) is 0 Å². The molecule has 0 atom stereocenters. The first-order chi connectivity index (χ1) is 16.7. The zero-order valence-electron chi connectivity index (χ0n) is 18.2. The molecular weight excluding hydrogens is 525 g/mol. The Balaban J connectivity index is 1.43. The van der Waals surface area contributed by atoms with E-state index in [1.165, 1.54) is 24.3 Å². The van der Waals surface area contributed by atoms with Crippen molar-refractivity contribution in [3.05, 3.63) is 94.4 Å². The Hall–Kier alpha value is -3.92. The number of imidazole rings is 1. The van der Waals surface area contributed by atoms with E-state index in [-0.39, 0.29) is 10.2 Å². The number of nitrogens with one attached hydrogen (secondary N) is 2. The van der Waals surface area contributed by atoms with Gasteiger partial charge in [0.1, 0.15) is 17.2 Å². The van der Waals surface area contributed by atoms with E-state index < -0.39 is 17.6 Å². The van der Waals surface area contributed by atoms with Crippen LogP contribution in [0.5, 0.6) is 11.5 Å². The molecule has 178 valence electrons. The highest BCUT2D eigenvalue weighted by Crippen LogP contribution is 2.36. The molecule has 2 heterocycles. The lowest BCUT2D eigenvalue weighted by Gasteiger charge is -2.11. The molecule has 0 bridgehead atoms. The number of halogens is 4. The van der Waals surface area contributed by atoms with Crippen LogP contribution in [0.15, 0.2) is 77.5 Å². The van der Waals surface area contributed by atoms with Crippen molar-refractivity contribution in [2.24, 2.45) is 0 Å². The third kappa shape index (κ3) is 6.36. The molecule has 4 rings (SSSR count). The largest absolute Gasteiger partial charge is 0.457 e. The minimum absolute atomic E-state index is 0.0347.